The molecule has 0 spiro atoms. The van der Waals surface area contributed by atoms with Gasteiger partial charge in [0.05, 0.1) is 6.54 Å². The van der Waals surface area contributed by atoms with Gasteiger partial charge in [0, 0.05) is 16.6 Å². The molecule has 4 nitrogen and oxygen atoms in total. The molecular weight excluding hydrogens is 281 g/mol. The second-order valence-corrected chi connectivity index (χ2v) is 4.45. The summed E-state index contributed by atoms with van der Waals surface area (Å²) < 4.78 is 38.6. The Morgan fingerprint density at radius 3 is 2.42 bits per heavy atom. The Balaban J connectivity index is 2.10. The number of thiazole rings is 1. The van der Waals surface area contributed by atoms with Gasteiger partial charge in [0.1, 0.15) is 0 Å². The number of benzene rings is 1. The second kappa shape index (κ2) is 5.27. The van der Waals surface area contributed by atoms with Crippen LogP contribution in [0.2, 0.25) is 0 Å². The van der Waals surface area contributed by atoms with E-state index in [1.165, 1.54) is 5.38 Å². The lowest BCUT2D eigenvalue weighted by atomic mass is 10.2. The summed E-state index contributed by atoms with van der Waals surface area (Å²) >= 11 is 0.927. The van der Waals surface area contributed by atoms with Crippen molar-refractivity contribution in [3.05, 3.63) is 55.9 Å². The van der Waals surface area contributed by atoms with Crippen molar-refractivity contribution in [3.8, 4) is 0 Å². The largest absolute Gasteiger partial charge is 0.346 e. The number of carbonyl (C=O) groups is 1. The Morgan fingerprint density at radius 1 is 1.26 bits per heavy atom. The van der Waals surface area contributed by atoms with Gasteiger partial charge < -0.3 is 10.3 Å². The summed E-state index contributed by atoms with van der Waals surface area (Å²) in [4.78, 5) is 24.6. The molecule has 2 rings (SSSR count). The van der Waals surface area contributed by atoms with Crippen molar-refractivity contribution >= 4 is 17.2 Å². The molecule has 0 aliphatic heterocycles. The van der Waals surface area contributed by atoms with Crippen molar-refractivity contribution in [2.45, 2.75) is 6.54 Å². The number of hydrogen-bond acceptors (Lipinski definition) is 3. The molecule has 1 aromatic carbocycles. The fourth-order valence-corrected chi connectivity index (χ4v) is 1.95. The van der Waals surface area contributed by atoms with Crippen LogP contribution in [0.15, 0.2) is 22.3 Å². The van der Waals surface area contributed by atoms with Crippen LogP contribution in [-0.4, -0.2) is 10.9 Å². The maximum Gasteiger partial charge on any atom is 0.304 e. The molecule has 1 aromatic heterocycles. The third-order valence-electron chi connectivity index (χ3n) is 2.26. The van der Waals surface area contributed by atoms with Gasteiger partial charge in [0.2, 0.25) is 0 Å². The molecule has 0 fully saturated rings. The van der Waals surface area contributed by atoms with Crippen molar-refractivity contribution in [1.29, 1.82) is 0 Å². The Kier molecular flexibility index (Phi) is 3.70. The summed E-state index contributed by atoms with van der Waals surface area (Å²) in [5, 5.41) is 3.85. The Morgan fingerprint density at radius 2 is 1.89 bits per heavy atom. The Hall–Kier alpha value is -2.09. The van der Waals surface area contributed by atoms with Crippen molar-refractivity contribution in [1.82, 2.24) is 10.3 Å². The van der Waals surface area contributed by atoms with Crippen LogP contribution < -0.4 is 10.2 Å². The van der Waals surface area contributed by atoms with Gasteiger partial charge >= 0.3 is 4.87 Å². The number of amides is 1. The smallest absolute Gasteiger partial charge is 0.304 e. The predicted octanol–water partition coefficient (Wildman–Crippen LogP) is 1.78. The summed E-state index contributed by atoms with van der Waals surface area (Å²) in [7, 11) is 0. The van der Waals surface area contributed by atoms with Crippen LogP contribution in [0.3, 0.4) is 0 Å². The summed E-state index contributed by atoms with van der Waals surface area (Å²) in [6.45, 7) is -0.00180. The van der Waals surface area contributed by atoms with E-state index < -0.39 is 23.4 Å². The minimum Gasteiger partial charge on any atom is -0.346 e. The molecule has 1 heterocycles. The highest BCUT2D eigenvalue weighted by atomic mass is 32.1. The zero-order valence-electron chi connectivity index (χ0n) is 9.30. The molecule has 0 bridgehead atoms. The molecule has 1 amide bonds. The van der Waals surface area contributed by atoms with Crippen molar-refractivity contribution < 1.29 is 18.0 Å². The zero-order chi connectivity index (χ0) is 14.0. The Bertz CT molecular complexity index is 658. The molecular formula is C11H7F3N2O2S. The highest BCUT2D eigenvalue weighted by molar-refractivity contribution is 7.07. The van der Waals surface area contributed by atoms with Crippen molar-refractivity contribution in [3.63, 3.8) is 0 Å². The average Bonchev–Trinajstić information content (AvgIpc) is 2.78. The maximum absolute atomic E-state index is 12.9. The average molecular weight is 288 g/mol. The van der Waals surface area contributed by atoms with Crippen LogP contribution in [0.4, 0.5) is 13.2 Å². The maximum atomic E-state index is 12.9. The van der Waals surface area contributed by atoms with Gasteiger partial charge in [-0.3, -0.25) is 9.59 Å². The van der Waals surface area contributed by atoms with Gasteiger partial charge in [-0.05, 0) is 12.1 Å². The normalized spacial score (nSPS) is 10.5. The van der Waals surface area contributed by atoms with Gasteiger partial charge in [-0.1, -0.05) is 11.3 Å². The highest BCUT2D eigenvalue weighted by Crippen LogP contribution is 2.13. The van der Waals surface area contributed by atoms with Gasteiger partial charge in [-0.15, -0.1) is 0 Å². The first kappa shape index (κ1) is 13.3. The monoisotopic (exact) mass is 288 g/mol. The van der Waals surface area contributed by atoms with E-state index in [0.29, 0.717) is 17.8 Å². The molecule has 2 aromatic rings. The molecule has 0 aliphatic carbocycles. The molecule has 8 heteroatoms. The van der Waals surface area contributed by atoms with E-state index in [2.05, 4.69) is 10.3 Å². The number of aromatic nitrogens is 1. The Labute approximate surface area is 108 Å². The fourth-order valence-electron chi connectivity index (χ4n) is 1.36. The molecule has 0 radical (unpaired) electrons. The number of H-pyrrole nitrogens is 1. The first-order chi connectivity index (χ1) is 8.97. The quantitative estimate of drug-likeness (QED) is 0.846. The summed E-state index contributed by atoms with van der Waals surface area (Å²) in [6.07, 6.45) is 0. The van der Waals surface area contributed by atoms with Crippen LogP contribution in [0.1, 0.15) is 16.1 Å². The van der Waals surface area contributed by atoms with Gasteiger partial charge in [-0.25, -0.2) is 13.2 Å². The molecule has 2 N–H and O–H groups in total. The lowest BCUT2D eigenvalue weighted by molar-refractivity contribution is 0.0949. The van der Waals surface area contributed by atoms with Crippen LogP contribution in [0.25, 0.3) is 0 Å². The van der Waals surface area contributed by atoms with E-state index in [4.69, 9.17) is 0 Å². The molecule has 0 unspecified atom stereocenters. The van der Waals surface area contributed by atoms with E-state index in [1.807, 2.05) is 0 Å². The first-order valence-electron chi connectivity index (χ1n) is 5.07. The summed E-state index contributed by atoms with van der Waals surface area (Å²) in [6, 6.07) is 1.20. The number of hydrogen-bond donors (Lipinski definition) is 2. The number of nitrogens with one attached hydrogen (secondary N) is 2. The minimum absolute atomic E-state index is 0.00180. The topological polar surface area (TPSA) is 62.0 Å². The van der Waals surface area contributed by atoms with E-state index in [9.17, 15) is 22.8 Å². The third-order valence-corrected chi connectivity index (χ3v) is 2.97. The summed E-state index contributed by atoms with van der Waals surface area (Å²) in [5.74, 6) is -5.27. The minimum atomic E-state index is -1.63. The van der Waals surface area contributed by atoms with Crippen molar-refractivity contribution in [2.75, 3.05) is 0 Å². The van der Waals surface area contributed by atoms with E-state index in [1.54, 1.807) is 0 Å². The standard InChI is InChI=1S/C11H7F3N2O2S/c12-7-1-5(2-8(13)9(7)14)10(17)15-3-6-4-19-11(18)16-6/h1-2,4H,3H2,(H,15,17)(H,16,18). The SMILES string of the molecule is O=C(NCc1csc(=O)[nH]1)c1cc(F)c(F)c(F)c1. The molecule has 0 aliphatic rings. The fraction of sp³-hybridized carbons (Fsp3) is 0.0909. The van der Waals surface area contributed by atoms with Gasteiger partial charge in [0.15, 0.2) is 17.5 Å². The number of aromatic amines is 1. The predicted molar refractivity (Wildman–Crippen MR) is 62.4 cm³/mol. The first-order valence-corrected chi connectivity index (χ1v) is 5.95. The molecule has 0 saturated heterocycles. The number of rotatable bonds is 3. The number of carbonyl (C=O) groups excluding carboxylic acids is 1. The second-order valence-electron chi connectivity index (χ2n) is 3.61. The zero-order valence-corrected chi connectivity index (χ0v) is 10.1. The van der Waals surface area contributed by atoms with Crippen LogP contribution in [-0.2, 0) is 6.54 Å². The highest BCUT2D eigenvalue weighted by Gasteiger charge is 2.14. The lowest BCUT2D eigenvalue weighted by Gasteiger charge is -2.04. The third kappa shape index (κ3) is 3.02. The summed E-state index contributed by atoms with van der Waals surface area (Å²) in [5.41, 5.74) is 0.125. The lowest BCUT2D eigenvalue weighted by Crippen LogP contribution is -2.23. The van der Waals surface area contributed by atoms with Crippen LogP contribution >= 0.6 is 11.3 Å². The van der Waals surface area contributed by atoms with E-state index >= 15 is 0 Å². The number of halogens is 3. The van der Waals surface area contributed by atoms with E-state index in [-0.39, 0.29) is 17.0 Å². The van der Waals surface area contributed by atoms with Crippen LogP contribution in [0.5, 0.6) is 0 Å². The molecule has 0 saturated carbocycles. The molecule has 0 atom stereocenters. The van der Waals surface area contributed by atoms with E-state index in [0.717, 1.165) is 11.3 Å². The molecule has 19 heavy (non-hydrogen) atoms. The van der Waals surface area contributed by atoms with Gasteiger partial charge in [-0.2, -0.15) is 0 Å². The molecule has 100 valence electrons. The van der Waals surface area contributed by atoms with Crippen LogP contribution in [0, 0.1) is 17.5 Å². The van der Waals surface area contributed by atoms with Gasteiger partial charge in [0.25, 0.3) is 5.91 Å². The van der Waals surface area contributed by atoms with Crippen molar-refractivity contribution in [2.24, 2.45) is 0 Å².